The molecule has 0 radical (unpaired) electrons. The molecule has 0 aromatic heterocycles. The summed E-state index contributed by atoms with van der Waals surface area (Å²) in [5.41, 5.74) is -0.648. The lowest BCUT2D eigenvalue weighted by atomic mass is 9.85. The van der Waals surface area contributed by atoms with Crippen LogP contribution in [0.15, 0.2) is 42.7 Å². The van der Waals surface area contributed by atoms with Crippen LogP contribution in [0.4, 0.5) is 0 Å². The first-order valence-electron chi connectivity index (χ1n) is 15.8. The molecule has 5 aliphatic rings. The van der Waals surface area contributed by atoms with Crippen LogP contribution in [0.5, 0.6) is 5.75 Å². The second-order valence-electron chi connectivity index (χ2n) is 12.6. The molecule has 6 rings (SSSR count). The zero-order chi connectivity index (χ0) is 35.2. The molecule has 1 aromatic carbocycles. The molecule has 7 N–H and O–H groups in total. The van der Waals surface area contributed by atoms with Crippen molar-refractivity contribution >= 4 is 18.0 Å². The summed E-state index contributed by atoms with van der Waals surface area (Å²) in [6.07, 6.45) is -11.8. The minimum absolute atomic E-state index is 0.0572. The maximum atomic E-state index is 12.7. The third-order valence-electron chi connectivity index (χ3n) is 9.50. The van der Waals surface area contributed by atoms with E-state index in [1.807, 2.05) is 0 Å². The number of carbonyl (C=O) groups is 2. The first-order valence-corrected chi connectivity index (χ1v) is 15.8. The van der Waals surface area contributed by atoms with Gasteiger partial charge in [0, 0.05) is 18.9 Å². The fraction of sp³-hybridized carbons (Fsp3) is 0.625. The van der Waals surface area contributed by atoms with Crippen molar-refractivity contribution in [2.45, 2.75) is 99.4 Å². The van der Waals surface area contributed by atoms with Gasteiger partial charge in [0.2, 0.25) is 6.29 Å². The Morgan fingerprint density at radius 2 is 1.61 bits per heavy atom. The number of hydrogen-bond acceptors (Lipinski definition) is 17. The number of ether oxygens (including phenoxy) is 8. The van der Waals surface area contributed by atoms with Crippen LogP contribution in [-0.2, 0) is 47.5 Å². The average Bonchev–Trinajstić information content (AvgIpc) is 3.75. The third-order valence-corrected chi connectivity index (χ3v) is 9.50. The number of fused-ring (bicyclic) bond motifs is 3. The van der Waals surface area contributed by atoms with E-state index < -0.39 is 122 Å². The molecule has 0 bridgehead atoms. The quantitative estimate of drug-likeness (QED) is 0.0779. The second-order valence-corrected chi connectivity index (χ2v) is 12.6. The van der Waals surface area contributed by atoms with Crippen LogP contribution in [0.3, 0.4) is 0 Å². The van der Waals surface area contributed by atoms with Crippen molar-refractivity contribution in [1.82, 2.24) is 0 Å². The van der Waals surface area contributed by atoms with Crippen LogP contribution < -0.4 is 0 Å². The smallest absolute Gasteiger partial charge is 0.331 e. The average molecular weight is 697 g/mol. The van der Waals surface area contributed by atoms with Gasteiger partial charge in [0.15, 0.2) is 24.8 Å². The molecule has 4 heterocycles. The standard InChI is InChI=1S/C32H40O17/c1-13-25(46-19(37)8-5-15-3-6-16(36)7-4-15)24(41)27(44-14(2)35)31(43-13)47-26-17-9-10-42-29(20(17)32(12-34)28(26)49-32)48-30-23(40)22(39)21(38)18(11-33)45-30/h3-10,13,17-18,20-31,33-34,36,38-41H,11-12H2,1-2H3/b8-5+/t13-,17?,18+,20?,21+,22-,23+,24+,25-,26-,27+,28-,29-,30-,31-,32+/m0/s1. The molecular formula is C32H40O17. The number of esters is 2. The molecule has 3 saturated heterocycles. The molecule has 1 saturated carbocycles. The summed E-state index contributed by atoms with van der Waals surface area (Å²) in [5, 5.41) is 71.7. The third kappa shape index (κ3) is 6.81. The number of benzene rings is 1. The fourth-order valence-corrected chi connectivity index (χ4v) is 6.97. The molecular weight excluding hydrogens is 656 g/mol. The SMILES string of the molecule is CC(=O)O[C@H]1[C@H](O[C@H]2C3C=CO[C@@H](O[C@@H]4O[C@H](CO)[C@@H](O)[C@H](O)[C@H]4O)C3[C@@]3(CO)O[C@@H]23)O[C@@H](C)[C@H](OC(=O)/C=C/c2ccc(O)cc2)[C@H]1O. The second kappa shape index (κ2) is 14.2. The Kier molecular flexibility index (Phi) is 10.3. The van der Waals surface area contributed by atoms with E-state index >= 15 is 0 Å². The minimum atomic E-state index is -1.71. The maximum Gasteiger partial charge on any atom is 0.331 e. The van der Waals surface area contributed by atoms with E-state index in [1.54, 1.807) is 18.2 Å². The van der Waals surface area contributed by atoms with E-state index in [-0.39, 0.29) is 5.75 Å². The summed E-state index contributed by atoms with van der Waals surface area (Å²) in [6.45, 7) is 1.48. The Morgan fingerprint density at radius 3 is 2.29 bits per heavy atom. The van der Waals surface area contributed by atoms with E-state index in [4.69, 9.17) is 37.9 Å². The van der Waals surface area contributed by atoms with Gasteiger partial charge in [0.25, 0.3) is 0 Å². The number of hydrogen-bond donors (Lipinski definition) is 7. The largest absolute Gasteiger partial charge is 0.508 e. The Labute approximate surface area is 279 Å². The summed E-state index contributed by atoms with van der Waals surface area (Å²) in [7, 11) is 0. The van der Waals surface area contributed by atoms with Gasteiger partial charge in [-0.2, -0.15) is 0 Å². The summed E-state index contributed by atoms with van der Waals surface area (Å²) in [5.74, 6) is -2.91. The van der Waals surface area contributed by atoms with Gasteiger partial charge in [-0.05, 0) is 36.8 Å². The van der Waals surface area contributed by atoms with Crippen LogP contribution in [0.2, 0.25) is 0 Å². The molecule has 17 nitrogen and oxygen atoms in total. The first kappa shape index (κ1) is 35.6. The predicted octanol–water partition coefficient (Wildman–Crippen LogP) is -2.20. The highest BCUT2D eigenvalue weighted by atomic mass is 16.8. The zero-order valence-corrected chi connectivity index (χ0v) is 26.4. The Morgan fingerprint density at radius 1 is 0.878 bits per heavy atom. The van der Waals surface area contributed by atoms with Gasteiger partial charge in [0.05, 0.1) is 37.6 Å². The highest BCUT2D eigenvalue weighted by Crippen LogP contribution is 2.61. The number of aliphatic hydroxyl groups excluding tert-OH is 6. The lowest BCUT2D eigenvalue weighted by Crippen LogP contribution is -2.61. The summed E-state index contributed by atoms with van der Waals surface area (Å²) < 4.78 is 46.3. The summed E-state index contributed by atoms with van der Waals surface area (Å²) in [4.78, 5) is 24.8. The Balaban J connectivity index is 1.16. The van der Waals surface area contributed by atoms with Crippen molar-refractivity contribution in [3.63, 3.8) is 0 Å². The molecule has 17 heteroatoms. The molecule has 270 valence electrons. The maximum absolute atomic E-state index is 12.7. The Hall–Kier alpha value is -3.20. The molecule has 1 aliphatic carbocycles. The molecule has 4 aliphatic heterocycles. The van der Waals surface area contributed by atoms with Gasteiger partial charge in [0.1, 0.15) is 48.0 Å². The van der Waals surface area contributed by atoms with Crippen LogP contribution in [0.1, 0.15) is 19.4 Å². The molecule has 16 atom stereocenters. The van der Waals surface area contributed by atoms with Crippen LogP contribution in [-0.4, -0.2) is 146 Å². The number of aliphatic hydroxyl groups is 6. The fourth-order valence-electron chi connectivity index (χ4n) is 6.97. The van der Waals surface area contributed by atoms with Gasteiger partial charge < -0.3 is 73.6 Å². The van der Waals surface area contributed by atoms with Gasteiger partial charge in [-0.15, -0.1) is 0 Å². The van der Waals surface area contributed by atoms with Crippen LogP contribution in [0.25, 0.3) is 6.08 Å². The van der Waals surface area contributed by atoms with Crippen molar-refractivity contribution in [2.75, 3.05) is 13.2 Å². The van der Waals surface area contributed by atoms with Gasteiger partial charge >= 0.3 is 11.9 Å². The number of phenolic OH excluding ortho intramolecular Hbond substituents is 1. The zero-order valence-electron chi connectivity index (χ0n) is 26.4. The summed E-state index contributed by atoms with van der Waals surface area (Å²) in [6, 6.07) is 6.06. The van der Waals surface area contributed by atoms with E-state index in [0.717, 1.165) is 13.0 Å². The molecule has 2 unspecified atom stereocenters. The van der Waals surface area contributed by atoms with Crippen molar-refractivity contribution in [2.24, 2.45) is 11.8 Å². The van der Waals surface area contributed by atoms with E-state index in [9.17, 15) is 45.3 Å². The highest BCUT2D eigenvalue weighted by Gasteiger charge is 2.77. The summed E-state index contributed by atoms with van der Waals surface area (Å²) >= 11 is 0. The normalized spacial score (nSPS) is 44.1. The van der Waals surface area contributed by atoms with Crippen molar-refractivity contribution in [3.8, 4) is 5.75 Å². The highest BCUT2D eigenvalue weighted by molar-refractivity contribution is 5.87. The lowest BCUT2D eigenvalue weighted by molar-refractivity contribution is -0.347. The molecule has 0 amide bonds. The molecule has 4 fully saturated rings. The number of epoxide rings is 1. The van der Waals surface area contributed by atoms with Gasteiger partial charge in [-0.3, -0.25) is 4.79 Å². The molecule has 0 spiro atoms. The van der Waals surface area contributed by atoms with E-state index in [2.05, 4.69) is 0 Å². The number of phenols is 1. The topological polar surface area (TPSA) is 253 Å². The van der Waals surface area contributed by atoms with Crippen molar-refractivity contribution in [1.29, 1.82) is 0 Å². The Bertz CT molecular complexity index is 1400. The lowest BCUT2D eigenvalue weighted by Gasteiger charge is -2.44. The van der Waals surface area contributed by atoms with Crippen LogP contribution in [0, 0.1) is 11.8 Å². The van der Waals surface area contributed by atoms with Crippen LogP contribution >= 0.6 is 0 Å². The number of carbonyl (C=O) groups excluding carboxylic acids is 2. The number of rotatable bonds is 10. The first-order chi connectivity index (χ1) is 23.4. The predicted molar refractivity (Wildman–Crippen MR) is 158 cm³/mol. The van der Waals surface area contributed by atoms with E-state index in [1.165, 1.54) is 31.4 Å². The molecule has 49 heavy (non-hydrogen) atoms. The monoisotopic (exact) mass is 696 g/mol. The van der Waals surface area contributed by atoms with Crippen molar-refractivity contribution < 1.29 is 83.2 Å². The molecule has 1 aromatic rings. The van der Waals surface area contributed by atoms with Gasteiger partial charge in [-0.25, -0.2) is 4.79 Å². The van der Waals surface area contributed by atoms with E-state index in [0.29, 0.717) is 5.56 Å². The van der Waals surface area contributed by atoms with Gasteiger partial charge in [-0.1, -0.05) is 12.1 Å². The minimum Gasteiger partial charge on any atom is -0.508 e. The van der Waals surface area contributed by atoms with Crippen molar-refractivity contribution in [3.05, 3.63) is 48.2 Å². The number of aromatic hydroxyl groups is 1.